The van der Waals surface area contributed by atoms with Crippen LogP contribution in [0.25, 0.3) is 10.9 Å². The maximum absolute atomic E-state index is 6.28. The maximum atomic E-state index is 6.28. The second-order valence-corrected chi connectivity index (χ2v) is 6.78. The quantitative estimate of drug-likeness (QED) is 0.396. The Bertz CT molecular complexity index is 1130. The molecule has 7 heteroatoms. The molecule has 28 heavy (non-hydrogen) atoms. The van der Waals surface area contributed by atoms with E-state index >= 15 is 0 Å². The van der Waals surface area contributed by atoms with Gasteiger partial charge < -0.3 is 15.4 Å². The molecule has 0 aliphatic rings. The predicted molar refractivity (Wildman–Crippen MR) is 116 cm³/mol. The Balaban J connectivity index is 1.73. The lowest BCUT2D eigenvalue weighted by Crippen LogP contribution is -2.02. The van der Waals surface area contributed by atoms with Crippen molar-refractivity contribution in [2.75, 3.05) is 17.7 Å². The molecule has 0 bridgehead atoms. The number of nitrogens with one attached hydrogen (secondary N) is 2. The van der Waals surface area contributed by atoms with Gasteiger partial charge in [-0.15, -0.1) is 0 Å². The van der Waals surface area contributed by atoms with E-state index < -0.39 is 0 Å². The van der Waals surface area contributed by atoms with Gasteiger partial charge in [0.05, 0.1) is 28.4 Å². The van der Waals surface area contributed by atoms with Crippen molar-refractivity contribution in [1.29, 1.82) is 0 Å². The molecule has 0 radical (unpaired) electrons. The van der Waals surface area contributed by atoms with Crippen LogP contribution in [-0.2, 0) is 0 Å². The van der Waals surface area contributed by atoms with Crippen LogP contribution in [-0.4, -0.2) is 17.1 Å². The zero-order chi connectivity index (χ0) is 19.5. The molecule has 0 unspecified atom stereocenters. The zero-order valence-corrected chi connectivity index (χ0v) is 16.4. The number of halogens is 2. The number of aromatic nitrogens is 2. The number of rotatable bonds is 5. The number of fused-ring (bicyclic) bond motifs is 1. The van der Waals surface area contributed by atoms with E-state index in [1.54, 1.807) is 13.2 Å². The number of hydrogen-bond acceptors (Lipinski definition) is 5. The third-order valence-electron chi connectivity index (χ3n) is 4.15. The van der Waals surface area contributed by atoms with Gasteiger partial charge in [-0.3, -0.25) is 0 Å². The lowest BCUT2D eigenvalue weighted by Gasteiger charge is -2.13. The monoisotopic (exact) mass is 410 g/mol. The minimum atomic E-state index is 0.416. The van der Waals surface area contributed by atoms with Crippen molar-refractivity contribution in [2.45, 2.75) is 0 Å². The number of nitrogens with zero attached hydrogens (tertiary/aromatic N) is 2. The topological polar surface area (TPSA) is 59.1 Å². The van der Waals surface area contributed by atoms with Crippen LogP contribution in [0.3, 0.4) is 0 Å². The van der Waals surface area contributed by atoms with E-state index in [1.165, 1.54) is 0 Å². The lowest BCUT2D eigenvalue weighted by molar-refractivity contribution is 0.415. The Labute approximate surface area is 172 Å². The summed E-state index contributed by atoms with van der Waals surface area (Å²) in [7, 11) is 1.64. The zero-order valence-electron chi connectivity index (χ0n) is 14.9. The molecular formula is C21H16Cl2N4O. The van der Waals surface area contributed by atoms with Crippen molar-refractivity contribution in [1.82, 2.24) is 9.97 Å². The van der Waals surface area contributed by atoms with E-state index in [9.17, 15) is 0 Å². The van der Waals surface area contributed by atoms with Crippen LogP contribution in [0.2, 0.25) is 10.0 Å². The molecule has 0 aliphatic heterocycles. The van der Waals surface area contributed by atoms with E-state index in [1.807, 2.05) is 60.7 Å². The smallest absolute Gasteiger partial charge is 0.229 e. The van der Waals surface area contributed by atoms with Crippen LogP contribution in [0.4, 0.5) is 23.1 Å². The molecule has 2 N–H and O–H groups in total. The van der Waals surface area contributed by atoms with Crippen molar-refractivity contribution in [3.05, 3.63) is 76.8 Å². The number of benzene rings is 3. The predicted octanol–water partition coefficient (Wildman–Crippen LogP) is 6.43. The van der Waals surface area contributed by atoms with Crippen LogP contribution in [0.15, 0.2) is 66.7 Å². The Kier molecular flexibility index (Phi) is 5.19. The van der Waals surface area contributed by atoms with Crippen molar-refractivity contribution >= 4 is 57.2 Å². The van der Waals surface area contributed by atoms with Crippen LogP contribution in [0.1, 0.15) is 0 Å². The molecule has 0 atom stereocenters. The second kappa shape index (κ2) is 7.92. The largest absolute Gasteiger partial charge is 0.497 e. The lowest BCUT2D eigenvalue weighted by atomic mass is 10.2. The fraction of sp³-hybridized carbons (Fsp3) is 0.0476. The van der Waals surface area contributed by atoms with Gasteiger partial charge in [-0.25, -0.2) is 4.98 Å². The number of hydrogen-bond donors (Lipinski definition) is 2. The van der Waals surface area contributed by atoms with Crippen molar-refractivity contribution in [3.63, 3.8) is 0 Å². The van der Waals surface area contributed by atoms with Gasteiger partial charge in [-0.2, -0.15) is 4.98 Å². The summed E-state index contributed by atoms with van der Waals surface area (Å²) in [6.45, 7) is 0. The van der Waals surface area contributed by atoms with Gasteiger partial charge in [0.1, 0.15) is 11.6 Å². The van der Waals surface area contributed by atoms with Gasteiger partial charge in [0.15, 0.2) is 0 Å². The summed E-state index contributed by atoms with van der Waals surface area (Å²) >= 11 is 12.4. The number of para-hydroxylation sites is 1. The number of methoxy groups -OCH3 is 1. The summed E-state index contributed by atoms with van der Waals surface area (Å²) in [6, 6.07) is 20.8. The molecule has 140 valence electrons. The number of ether oxygens (including phenoxy) is 1. The van der Waals surface area contributed by atoms with Crippen LogP contribution >= 0.6 is 23.2 Å². The molecule has 0 amide bonds. The Morgan fingerprint density at radius 1 is 0.821 bits per heavy atom. The molecule has 0 saturated carbocycles. The Hall–Kier alpha value is -3.02. The molecule has 4 rings (SSSR count). The average molecular weight is 411 g/mol. The first-order chi connectivity index (χ1) is 13.6. The fourth-order valence-corrected chi connectivity index (χ4v) is 3.11. The molecule has 0 saturated heterocycles. The van der Waals surface area contributed by atoms with E-state index in [0.717, 1.165) is 22.3 Å². The van der Waals surface area contributed by atoms with E-state index in [-0.39, 0.29) is 0 Å². The third-order valence-corrected chi connectivity index (χ3v) is 4.97. The van der Waals surface area contributed by atoms with E-state index in [0.29, 0.717) is 27.5 Å². The van der Waals surface area contributed by atoms with Gasteiger partial charge in [0.2, 0.25) is 5.95 Å². The summed E-state index contributed by atoms with van der Waals surface area (Å²) < 4.78 is 5.21. The van der Waals surface area contributed by atoms with Gasteiger partial charge in [0.25, 0.3) is 0 Å². The highest BCUT2D eigenvalue weighted by Crippen LogP contribution is 2.32. The first kappa shape index (κ1) is 18.3. The Morgan fingerprint density at radius 3 is 2.39 bits per heavy atom. The summed E-state index contributed by atoms with van der Waals surface area (Å²) in [4.78, 5) is 9.23. The third kappa shape index (κ3) is 3.81. The van der Waals surface area contributed by atoms with E-state index in [4.69, 9.17) is 27.9 Å². The first-order valence-electron chi connectivity index (χ1n) is 8.53. The van der Waals surface area contributed by atoms with Crippen molar-refractivity contribution < 1.29 is 4.74 Å². The molecule has 0 fully saturated rings. The van der Waals surface area contributed by atoms with Crippen molar-refractivity contribution in [3.8, 4) is 5.75 Å². The molecule has 0 aliphatic carbocycles. The van der Waals surface area contributed by atoms with Gasteiger partial charge >= 0.3 is 0 Å². The van der Waals surface area contributed by atoms with Crippen molar-refractivity contribution in [2.24, 2.45) is 0 Å². The molecule has 0 spiro atoms. The molecule has 1 aromatic heterocycles. The SMILES string of the molecule is COc1ccc(Nc2nc(Nc3cccc(Cl)c3Cl)nc3ccccc23)cc1. The number of anilines is 4. The minimum Gasteiger partial charge on any atom is -0.497 e. The van der Waals surface area contributed by atoms with Gasteiger partial charge in [0, 0.05) is 11.1 Å². The Morgan fingerprint density at radius 2 is 1.61 bits per heavy atom. The molecule has 1 heterocycles. The molecule has 4 aromatic rings. The summed E-state index contributed by atoms with van der Waals surface area (Å²) in [5.41, 5.74) is 2.32. The van der Waals surface area contributed by atoms with Gasteiger partial charge in [-0.05, 0) is 48.5 Å². The van der Waals surface area contributed by atoms with Crippen LogP contribution in [0, 0.1) is 0 Å². The normalized spacial score (nSPS) is 10.7. The standard InChI is InChI=1S/C21H16Cl2N4O/c1-28-14-11-9-13(10-12-14)24-20-15-5-2-3-7-17(15)25-21(27-20)26-18-8-4-6-16(22)19(18)23/h2-12H,1H3,(H2,24,25,26,27). The highest BCUT2D eigenvalue weighted by molar-refractivity contribution is 6.43. The van der Waals surface area contributed by atoms with Gasteiger partial charge in [-0.1, -0.05) is 41.4 Å². The van der Waals surface area contributed by atoms with Crippen LogP contribution < -0.4 is 15.4 Å². The molecular weight excluding hydrogens is 395 g/mol. The first-order valence-corrected chi connectivity index (χ1v) is 9.28. The second-order valence-electron chi connectivity index (χ2n) is 5.99. The summed E-state index contributed by atoms with van der Waals surface area (Å²) in [5, 5.41) is 8.28. The maximum Gasteiger partial charge on any atom is 0.229 e. The summed E-state index contributed by atoms with van der Waals surface area (Å²) in [6.07, 6.45) is 0. The fourth-order valence-electron chi connectivity index (χ4n) is 2.76. The highest BCUT2D eigenvalue weighted by atomic mass is 35.5. The van der Waals surface area contributed by atoms with Crippen LogP contribution in [0.5, 0.6) is 5.75 Å². The van der Waals surface area contributed by atoms with E-state index in [2.05, 4.69) is 20.6 Å². The average Bonchev–Trinajstić information content (AvgIpc) is 2.72. The highest BCUT2D eigenvalue weighted by Gasteiger charge is 2.11. The molecule has 5 nitrogen and oxygen atoms in total. The summed E-state index contributed by atoms with van der Waals surface area (Å²) in [5.74, 6) is 1.88. The minimum absolute atomic E-state index is 0.416. The molecule has 3 aromatic carbocycles.